The zero-order valence-electron chi connectivity index (χ0n) is 13.3. The number of piperazine rings is 2. The van der Waals surface area contributed by atoms with Crippen LogP contribution in [0, 0.1) is 11.3 Å². The molecule has 1 N–H and O–H groups in total. The van der Waals surface area contributed by atoms with Gasteiger partial charge in [0.2, 0.25) is 5.91 Å². The van der Waals surface area contributed by atoms with Crippen molar-refractivity contribution in [1.82, 2.24) is 20.0 Å². The molecule has 0 saturated carbocycles. The summed E-state index contributed by atoms with van der Waals surface area (Å²) in [6, 6.07) is 2.18. The molecular weight excluding hydrogens is 266 g/mol. The predicted octanol–water partition coefficient (Wildman–Crippen LogP) is -0.272. The zero-order valence-corrected chi connectivity index (χ0v) is 13.3. The summed E-state index contributed by atoms with van der Waals surface area (Å²) in [5.74, 6) is 0.240. The second kappa shape index (κ2) is 7.21. The summed E-state index contributed by atoms with van der Waals surface area (Å²) in [6.45, 7) is 12.0. The van der Waals surface area contributed by atoms with Gasteiger partial charge in [-0.2, -0.15) is 5.26 Å². The van der Waals surface area contributed by atoms with Crippen LogP contribution >= 0.6 is 0 Å². The minimum absolute atomic E-state index is 0.240. The first-order chi connectivity index (χ1) is 10.1. The van der Waals surface area contributed by atoms with Crippen LogP contribution < -0.4 is 5.32 Å². The third kappa shape index (κ3) is 3.94. The van der Waals surface area contributed by atoms with Crippen molar-refractivity contribution >= 4 is 5.91 Å². The van der Waals surface area contributed by atoms with Crippen LogP contribution in [0.25, 0.3) is 0 Å². The lowest BCUT2D eigenvalue weighted by Crippen LogP contribution is -2.62. The Morgan fingerprint density at radius 1 is 1.14 bits per heavy atom. The van der Waals surface area contributed by atoms with Gasteiger partial charge < -0.3 is 10.2 Å². The van der Waals surface area contributed by atoms with Crippen molar-refractivity contribution in [3.8, 4) is 6.07 Å². The molecule has 118 valence electrons. The van der Waals surface area contributed by atoms with E-state index in [-0.39, 0.29) is 5.91 Å². The Hall–Kier alpha value is -1.16. The average Bonchev–Trinajstić information content (AvgIpc) is 2.53. The van der Waals surface area contributed by atoms with Gasteiger partial charge in [0, 0.05) is 65.3 Å². The highest BCUT2D eigenvalue weighted by Gasteiger charge is 2.38. The van der Waals surface area contributed by atoms with Crippen LogP contribution in [0.2, 0.25) is 0 Å². The van der Waals surface area contributed by atoms with Crippen LogP contribution in [-0.4, -0.2) is 85.0 Å². The van der Waals surface area contributed by atoms with E-state index in [1.54, 1.807) is 0 Å². The van der Waals surface area contributed by atoms with Crippen molar-refractivity contribution < 1.29 is 4.79 Å². The third-order valence-corrected chi connectivity index (χ3v) is 4.63. The topological polar surface area (TPSA) is 62.6 Å². The van der Waals surface area contributed by atoms with Crippen LogP contribution in [0.3, 0.4) is 0 Å². The first-order valence-corrected chi connectivity index (χ1v) is 7.90. The molecule has 21 heavy (non-hydrogen) atoms. The third-order valence-electron chi connectivity index (χ3n) is 4.63. The Bertz CT molecular complexity index is 389. The molecule has 2 rings (SSSR count). The Morgan fingerprint density at radius 2 is 1.76 bits per heavy atom. The van der Waals surface area contributed by atoms with Gasteiger partial charge >= 0.3 is 0 Å². The quantitative estimate of drug-likeness (QED) is 0.773. The van der Waals surface area contributed by atoms with Crippen molar-refractivity contribution in [2.75, 3.05) is 58.9 Å². The Kier molecular flexibility index (Phi) is 5.57. The van der Waals surface area contributed by atoms with Gasteiger partial charge in [0.05, 0.1) is 11.6 Å². The number of nitriles is 1. The maximum Gasteiger partial charge on any atom is 0.242 e. The molecule has 0 aliphatic carbocycles. The smallest absolute Gasteiger partial charge is 0.242 e. The normalized spacial score (nSPS) is 22.0. The molecule has 0 unspecified atom stereocenters. The molecule has 0 aromatic rings. The molecule has 6 nitrogen and oxygen atoms in total. The molecule has 1 amide bonds. The number of rotatable bonds is 4. The molecule has 2 aliphatic heterocycles. The van der Waals surface area contributed by atoms with E-state index < -0.39 is 5.54 Å². The summed E-state index contributed by atoms with van der Waals surface area (Å²) in [7, 11) is 0. The molecule has 0 radical (unpaired) electrons. The number of nitrogens with zero attached hydrogens (tertiary/aromatic N) is 4. The van der Waals surface area contributed by atoms with Crippen LogP contribution in [0.1, 0.15) is 20.3 Å². The molecule has 0 aromatic carbocycles. The van der Waals surface area contributed by atoms with E-state index in [9.17, 15) is 4.79 Å². The van der Waals surface area contributed by atoms with Gasteiger partial charge in [0.15, 0.2) is 0 Å². The Balaban J connectivity index is 1.87. The van der Waals surface area contributed by atoms with Crippen LogP contribution in [0.15, 0.2) is 0 Å². The van der Waals surface area contributed by atoms with E-state index in [2.05, 4.69) is 21.2 Å². The van der Waals surface area contributed by atoms with E-state index in [4.69, 9.17) is 5.26 Å². The fraction of sp³-hybridized carbons (Fsp3) is 0.867. The molecule has 2 heterocycles. The largest absolute Gasteiger partial charge is 0.339 e. The van der Waals surface area contributed by atoms with E-state index in [0.717, 1.165) is 58.9 Å². The lowest BCUT2D eigenvalue weighted by atomic mass is 9.99. The maximum atomic E-state index is 12.8. The van der Waals surface area contributed by atoms with Crippen molar-refractivity contribution in [3.63, 3.8) is 0 Å². The molecule has 0 aromatic heterocycles. The lowest BCUT2D eigenvalue weighted by Gasteiger charge is -2.44. The second-order valence-electron chi connectivity index (χ2n) is 6.34. The molecule has 2 aliphatic rings. The fourth-order valence-corrected chi connectivity index (χ4v) is 3.13. The summed E-state index contributed by atoms with van der Waals surface area (Å²) in [4.78, 5) is 19.4. The van der Waals surface area contributed by atoms with Gasteiger partial charge in [-0.15, -0.1) is 0 Å². The molecule has 6 heteroatoms. The first-order valence-electron chi connectivity index (χ1n) is 7.90. The van der Waals surface area contributed by atoms with Crippen LogP contribution in [-0.2, 0) is 4.79 Å². The molecule has 0 bridgehead atoms. The molecule has 0 atom stereocenters. The standard InChI is InChI=1S/C15H27N5O/c1-15(2,20-8-5-17-6-9-20)14(21)19-12-10-18(11-13-19)7-3-4-16/h17H,3,5-13H2,1-2H3. The van der Waals surface area contributed by atoms with Crippen molar-refractivity contribution in [2.45, 2.75) is 25.8 Å². The van der Waals surface area contributed by atoms with Gasteiger partial charge in [-0.25, -0.2) is 0 Å². The maximum absolute atomic E-state index is 12.8. The summed E-state index contributed by atoms with van der Waals surface area (Å²) in [6.07, 6.45) is 0.570. The summed E-state index contributed by atoms with van der Waals surface area (Å²) in [5.41, 5.74) is -0.420. The number of nitrogens with one attached hydrogen (secondary N) is 1. The van der Waals surface area contributed by atoms with Gasteiger partial charge in [0.25, 0.3) is 0 Å². The van der Waals surface area contributed by atoms with Gasteiger partial charge in [0.1, 0.15) is 0 Å². The first kappa shape index (κ1) is 16.2. The Labute approximate surface area is 127 Å². The van der Waals surface area contributed by atoms with E-state index in [1.165, 1.54) is 0 Å². The van der Waals surface area contributed by atoms with Crippen molar-refractivity contribution in [2.24, 2.45) is 0 Å². The van der Waals surface area contributed by atoms with Gasteiger partial charge in [-0.05, 0) is 13.8 Å². The summed E-state index contributed by atoms with van der Waals surface area (Å²) in [5, 5.41) is 12.0. The average molecular weight is 293 g/mol. The predicted molar refractivity (Wildman–Crippen MR) is 81.8 cm³/mol. The molecular formula is C15H27N5O. The number of carbonyl (C=O) groups excluding carboxylic acids is 1. The minimum Gasteiger partial charge on any atom is -0.339 e. The zero-order chi connectivity index (χ0) is 15.3. The summed E-state index contributed by atoms with van der Waals surface area (Å²) < 4.78 is 0. The lowest BCUT2D eigenvalue weighted by molar-refractivity contribution is -0.145. The fourth-order valence-electron chi connectivity index (χ4n) is 3.13. The van der Waals surface area contributed by atoms with Gasteiger partial charge in [-0.1, -0.05) is 0 Å². The molecule has 2 saturated heterocycles. The SMILES string of the molecule is CC(C)(C(=O)N1CCN(CCC#N)CC1)N1CCNCC1. The van der Waals surface area contributed by atoms with Crippen LogP contribution in [0.5, 0.6) is 0 Å². The number of hydrogen-bond donors (Lipinski definition) is 1. The highest BCUT2D eigenvalue weighted by atomic mass is 16.2. The highest BCUT2D eigenvalue weighted by Crippen LogP contribution is 2.19. The van der Waals surface area contributed by atoms with Crippen LogP contribution in [0.4, 0.5) is 0 Å². The number of hydrogen-bond acceptors (Lipinski definition) is 5. The number of carbonyl (C=O) groups is 1. The van der Waals surface area contributed by atoms with E-state index in [1.807, 2.05) is 18.7 Å². The second-order valence-corrected chi connectivity index (χ2v) is 6.34. The van der Waals surface area contributed by atoms with Crippen molar-refractivity contribution in [1.29, 1.82) is 5.26 Å². The highest BCUT2D eigenvalue weighted by molar-refractivity contribution is 5.85. The Morgan fingerprint density at radius 3 is 2.33 bits per heavy atom. The van der Waals surface area contributed by atoms with E-state index in [0.29, 0.717) is 6.42 Å². The summed E-state index contributed by atoms with van der Waals surface area (Å²) >= 11 is 0. The van der Waals surface area contributed by atoms with Crippen molar-refractivity contribution in [3.05, 3.63) is 0 Å². The van der Waals surface area contributed by atoms with E-state index >= 15 is 0 Å². The monoisotopic (exact) mass is 293 g/mol. The minimum atomic E-state index is -0.420. The molecule has 2 fully saturated rings. The van der Waals surface area contributed by atoms with Gasteiger partial charge in [-0.3, -0.25) is 14.6 Å². The number of amides is 1. The molecule has 0 spiro atoms.